The molecule has 0 amide bonds. The van der Waals surface area contributed by atoms with Crippen LogP contribution in [0.25, 0.3) is 0 Å². The minimum atomic E-state index is 0.393. The van der Waals surface area contributed by atoms with Crippen molar-refractivity contribution in [2.45, 2.75) is 49.9 Å². The molecule has 2 bridgehead atoms. The van der Waals surface area contributed by atoms with Crippen molar-refractivity contribution in [2.24, 2.45) is 0 Å². The fraction of sp³-hybridized carbons (Fsp3) is 0.625. The second kappa shape index (κ2) is 5.46. The maximum absolute atomic E-state index is 6.21. The Hall–Kier alpha value is -0.330. The summed E-state index contributed by atoms with van der Waals surface area (Å²) in [6.07, 6.45) is 5.43. The summed E-state index contributed by atoms with van der Waals surface area (Å²) in [7, 11) is 0. The second-order valence-electron chi connectivity index (χ2n) is 6.19. The van der Waals surface area contributed by atoms with Crippen LogP contribution in [0.3, 0.4) is 0 Å². The predicted molar refractivity (Wildman–Crippen MR) is 86.1 cm³/mol. The van der Waals surface area contributed by atoms with Gasteiger partial charge in [0.1, 0.15) is 11.9 Å². The molecular weight excluding hydrogens is 365 g/mol. The maximum Gasteiger partial charge on any atom is 0.119 e. The first-order valence-corrected chi connectivity index (χ1v) is 8.65. The van der Waals surface area contributed by atoms with E-state index in [0.29, 0.717) is 12.1 Å². The summed E-state index contributed by atoms with van der Waals surface area (Å²) in [5.41, 5.74) is 0. The van der Waals surface area contributed by atoms with Crippen molar-refractivity contribution in [3.05, 3.63) is 27.8 Å². The predicted octanol–water partition coefficient (Wildman–Crippen LogP) is 3.06. The highest BCUT2D eigenvalue weighted by molar-refractivity contribution is 14.1. The van der Waals surface area contributed by atoms with E-state index in [9.17, 15) is 0 Å². The SMILES string of the molecule is Ic1ccc(OC2C[C@H]3CC[C@@H](C2)N3C2COC2)cc1. The molecular formula is C16H20INO2. The zero-order chi connectivity index (χ0) is 13.5. The fourth-order valence-corrected chi connectivity index (χ4v) is 4.32. The van der Waals surface area contributed by atoms with Crippen LogP contribution in [-0.2, 0) is 4.74 Å². The standard InChI is InChI=1S/C16H20INO2/c17-11-1-5-15(6-2-11)20-16-7-12-3-4-13(8-16)18(12)14-9-19-10-14/h1-2,5-6,12-14,16H,3-4,7-10H2/t12-,13+,16?. The third-order valence-electron chi connectivity index (χ3n) is 4.90. The summed E-state index contributed by atoms with van der Waals surface area (Å²) in [4.78, 5) is 2.73. The van der Waals surface area contributed by atoms with Gasteiger partial charge >= 0.3 is 0 Å². The lowest BCUT2D eigenvalue weighted by Gasteiger charge is -2.46. The highest BCUT2D eigenvalue weighted by Gasteiger charge is 2.46. The quantitative estimate of drug-likeness (QED) is 0.747. The average Bonchev–Trinajstić information content (AvgIpc) is 2.64. The number of hydrogen-bond donors (Lipinski definition) is 0. The second-order valence-corrected chi connectivity index (χ2v) is 7.43. The molecule has 1 unspecified atom stereocenters. The van der Waals surface area contributed by atoms with Crippen LogP contribution in [-0.4, -0.2) is 42.3 Å². The molecule has 0 saturated carbocycles. The molecule has 3 atom stereocenters. The van der Waals surface area contributed by atoms with E-state index in [1.807, 2.05) is 0 Å². The van der Waals surface area contributed by atoms with E-state index >= 15 is 0 Å². The molecule has 0 radical (unpaired) electrons. The minimum Gasteiger partial charge on any atom is -0.490 e. The van der Waals surface area contributed by atoms with E-state index in [2.05, 4.69) is 51.8 Å². The van der Waals surface area contributed by atoms with Gasteiger partial charge in [0.2, 0.25) is 0 Å². The first-order chi connectivity index (χ1) is 9.79. The zero-order valence-corrected chi connectivity index (χ0v) is 13.7. The van der Waals surface area contributed by atoms with Gasteiger partial charge in [-0.25, -0.2) is 0 Å². The average molecular weight is 385 g/mol. The largest absolute Gasteiger partial charge is 0.490 e. The number of ether oxygens (including phenoxy) is 2. The van der Waals surface area contributed by atoms with Crippen LogP contribution in [0.15, 0.2) is 24.3 Å². The van der Waals surface area contributed by atoms with E-state index in [-0.39, 0.29) is 0 Å². The third-order valence-corrected chi connectivity index (χ3v) is 5.62. The molecule has 3 heterocycles. The number of hydrogen-bond acceptors (Lipinski definition) is 3. The van der Waals surface area contributed by atoms with Crippen LogP contribution in [0.4, 0.5) is 0 Å². The van der Waals surface area contributed by atoms with Gasteiger partial charge in [-0.2, -0.15) is 0 Å². The van der Waals surface area contributed by atoms with E-state index in [1.54, 1.807) is 0 Å². The molecule has 1 aromatic rings. The third kappa shape index (κ3) is 2.46. The van der Waals surface area contributed by atoms with Gasteiger partial charge in [0.25, 0.3) is 0 Å². The van der Waals surface area contributed by atoms with Crippen LogP contribution in [0, 0.1) is 3.57 Å². The van der Waals surface area contributed by atoms with Gasteiger partial charge in [-0.1, -0.05) is 0 Å². The Kier molecular flexibility index (Phi) is 3.64. The number of nitrogens with zero attached hydrogens (tertiary/aromatic N) is 1. The van der Waals surface area contributed by atoms with Crippen LogP contribution < -0.4 is 4.74 Å². The molecule has 0 spiro atoms. The molecule has 4 heteroatoms. The Balaban J connectivity index is 1.41. The number of fused-ring (bicyclic) bond motifs is 2. The van der Waals surface area contributed by atoms with E-state index in [0.717, 1.165) is 31.0 Å². The molecule has 0 aromatic heterocycles. The highest BCUT2D eigenvalue weighted by atomic mass is 127. The molecule has 3 aliphatic rings. The Morgan fingerprint density at radius 3 is 2.20 bits per heavy atom. The van der Waals surface area contributed by atoms with Gasteiger partial charge < -0.3 is 9.47 Å². The molecule has 3 fully saturated rings. The van der Waals surface area contributed by atoms with Crippen molar-refractivity contribution in [1.82, 2.24) is 4.90 Å². The van der Waals surface area contributed by atoms with Gasteiger partial charge in [0, 0.05) is 15.7 Å². The Morgan fingerprint density at radius 1 is 1.00 bits per heavy atom. The van der Waals surface area contributed by atoms with Crippen molar-refractivity contribution < 1.29 is 9.47 Å². The number of rotatable bonds is 3. The summed E-state index contributed by atoms with van der Waals surface area (Å²) in [5.74, 6) is 1.02. The Bertz CT molecular complexity index is 460. The molecule has 20 heavy (non-hydrogen) atoms. The number of benzene rings is 1. The maximum atomic E-state index is 6.21. The van der Waals surface area contributed by atoms with Gasteiger partial charge in [0.15, 0.2) is 0 Å². The normalized spacial score (nSPS) is 34.0. The molecule has 3 saturated heterocycles. The molecule has 3 aliphatic heterocycles. The zero-order valence-electron chi connectivity index (χ0n) is 11.5. The van der Waals surface area contributed by atoms with Crippen LogP contribution in [0.5, 0.6) is 5.75 Å². The molecule has 3 nitrogen and oxygen atoms in total. The van der Waals surface area contributed by atoms with E-state index < -0.39 is 0 Å². The summed E-state index contributed by atoms with van der Waals surface area (Å²) < 4.78 is 12.8. The van der Waals surface area contributed by atoms with Crippen molar-refractivity contribution in [3.63, 3.8) is 0 Å². The fourth-order valence-electron chi connectivity index (χ4n) is 3.96. The summed E-state index contributed by atoms with van der Waals surface area (Å²) >= 11 is 2.33. The van der Waals surface area contributed by atoms with E-state index in [1.165, 1.54) is 29.3 Å². The van der Waals surface area contributed by atoms with Gasteiger partial charge in [-0.05, 0) is 72.5 Å². The van der Waals surface area contributed by atoms with Gasteiger partial charge in [0.05, 0.1) is 19.3 Å². The topological polar surface area (TPSA) is 21.7 Å². The first kappa shape index (κ1) is 13.3. The van der Waals surface area contributed by atoms with Crippen LogP contribution in [0.2, 0.25) is 0 Å². The van der Waals surface area contributed by atoms with Crippen LogP contribution >= 0.6 is 22.6 Å². The van der Waals surface area contributed by atoms with Crippen LogP contribution in [0.1, 0.15) is 25.7 Å². The number of piperidine rings is 1. The monoisotopic (exact) mass is 385 g/mol. The lowest BCUT2D eigenvalue weighted by molar-refractivity contribution is -0.102. The van der Waals surface area contributed by atoms with Gasteiger partial charge in [-0.3, -0.25) is 4.90 Å². The smallest absolute Gasteiger partial charge is 0.119 e. The first-order valence-electron chi connectivity index (χ1n) is 7.57. The molecule has 4 rings (SSSR count). The lowest BCUT2D eigenvalue weighted by atomic mass is 9.96. The van der Waals surface area contributed by atoms with Crippen molar-refractivity contribution in [1.29, 1.82) is 0 Å². The molecule has 0 aliphatic carbocycles. The molecule has 1 aromatic carbocycles. The van der Waals surface area contributed by atoms with Crippen molar-refractivity contribution in [3.8, 4) is 5.75 Å². The summed E-state index contributed by atoms with van der Waals surface area (Å²) in [6, 6.07) is 10.5. The van der Waals surface area contributed by atoms with Gasteiger partial charge in [-0.15, -0.1) is 0 Å². The van der Waals surface area contributed by atoms with Crippen molar-refractivity contribution in [2.75, 3.05) is 13.2 Å². The van der Waals surface area contributed by atoms with E-state index in [4.69, 9.17) is 9.47 Å². The van der Waals surface area contributed by atoms with Crippen molar-refractivity contribution >= 4 is 22.6 Å². The molecule has 108 valence electrons. The Morgan fingerprint density at radius 2 is 1.65 bits per heavy atom. The number of halogens is 1. The highest BCUT2D eigenvalue weighted by Crippen LogP contribution is 2.39. The summed E-state index contributed by atoms with van der Waals surface area (Å²) in [5, 5.41) is 0. The summed E-state index contributed by atoms with van der Waals surface area (Å²) in [6.45, 7) is 1.88. The minimum absolute atomic E-state index is 0.393. The lowest BCUT2D eigenvalue weighted by Crippen LogP contribution is -2.57. The molecule has 0 N–H and O–H groups in total. The Labute approximate surface area is 133 Å².